The molecule has 3 aromatic carbocycles. The van der Waals surface area contributed by atoms with Gasteiger partial charge in [0.1, 0.15) is 5.75 Å². The number of carbonyl (C=O) groups is 1. The molecular formula is C23H18BrIO3S. The first kappa shape index (κ1) is 21.9. The van der Waals surface area contributed by atoms with Gasteiger partial charge in [0.05, 0.1) is 3.57 Å². The van der Waals surface area contributed by atoms with Gasteiger partial charge in [0.25, 0.3) is 0 Å². The number of ether oxygens (including phenoxy) is 1. The van der Waals surface area contributed by atoms with Gasteiger partial charge in [-0.1, -0.05) is 64.5 Å². The number of aliphatic carboxylic acids is 1. The van der Waals surface area contributed by atoms with Crippen LogP contribution in [0.1, 0.15) is 11.1 Å². The zero-order chi connectivity index (χ0) is 20.6. The van der Waals surface area contributed by atoms with Crippen LogP contribution in [-0.4, -0.2) is 23.4 Å². The van der Waals surface area contributed by atoms with Gasteiger partial charge < -0.3 is 9.84 Å². The van der Waals surface area contributed by atoms with Gasteiger partial charge in [-0.2, -0.15) is 0 Å². The molecule has 0 aliphatic carbocycles. The van der Waals surface area contributed by atoms with E-state index in [1.54, 1.807) is 11.8 Å². The Kier molecular flexibility index (Phi) is 8.20. The SMILES string of the molecule is O=C(O)COc1ccc(SCC=C(c2ccccc2)c2cccc(Br)c2)cc1I. The predicted molar refractivity (Wildman–Crippen MR) is 131 cm³/mol. The van der Waals surface area contributed by atoms with Crippen molar-refractivity contribution in [2.75, 3.05) is 12.4 Å². The van der Waals surface area contributed by atoms with E-state index in [-0.39, 0.29) is 6.61 Å². The summed E-state index contributed by atoms with van der Waals surface area (Å²) in [4.78, 5) is 11.8. The van der Waals surface area contributed by atoms with Crippen LogP contribution in [0.3, 0.4) is 0 Å². The predicted octanol–water partition coefficient (Wildman–Crippen LogP) is 6.74. The fourth-order valence-corrected chi connectivity index (χ4v) is 4.81. The third-order valence-corrected chi connectivity index (χ3v) is 6.27. The molecule has 0 spiro atoms. The van der Waals surface area contributed by atoms with Crippen molar-refractivity contribution in [2.24, 2.45) is 0 Å². The minimum absolute atomic E-state index is 0.335. The van der Waals surface area contributed by atoms with Crippen molar-refractivity contribution < 1.29 is 14.6 Å². The van der Waals surface area contributed by atoms with Gasteiger partial charge in [0.2, 0.25) is 0 Å². The van der Waals surface area contributed by atoms with Crippen LogP contribution in [0.25, 0.3) is 5.57 Å². The highest BCUT2D eigenvalue weighted by molar-refractivity contribution is 14.1. The largest absolute Gasteiger partial charge is 0.481 e. The van der Waals surface area contributed by atoms with Crippen molar-refractivity contribution in [3.05, 3.63) is 98.0 Å². The number of carboxylic acids is 1. The molecule has 0 aliphatic rings. The van der Waals surface area contributed by atoms with Crippen LogP contribution < -0.4 is 4.74 Å². The monoisotopic (exact) mass is 580 g/mol. The second-order valence-corrected chi connectivity index (χ2v) is 9.25. The van der Waals surface area contributed by atoms with Crippen LogP contribution in [0.4, 0.5) is 0 Å². The van der Waals surface area contributed by atoms with E-state index in [1.165, 1.54) is 11.1 Å². The second kappa shape index (κ2) is 10.8. The molecule has 1 N–H and O–H groups in total. The maximum absolute atomic E-state index is 10.7. The van der Waals surface area contributed by atoms with Crippen LogP contribution >= 0.6 is 50.3 Å². The Morgan fingerprint density at radius 2 is 1.79 bits per heavy atom. The fourth-order valence-electron chi connectivity index (χ4n) is 2.73. The summed E-state index contributed by atoms with van der Waals surface area (Å²) in [5, 5.41) is 8.75. The molecule has 0 saturated carbocycles. The first-order valence-corrected chi connectivity index (χ1v) is 11.7. The van der Waals surface area contributed by atoms with Gasteiger partial charge >= 0.3 is 5.97 Å². The van der Waals surface area contributed by atoms with Gasteiger partial charge in [0, 0.05) is 15.1 Å². The zero-order valence-electron chi connectivity index (χ0n) is 15.3. The third-order valence-electron chi connectivity index (χ3n) is 4.01. The molecule has 0 bridgehead atoms. The molecule has 3 nitrogen and oxygen atoms in total. The highest BCUT2D eigenvalue weighted by Crippen LogP contribution is 2.30. The topological polar surface area (TPSA) is 46.5 Å². The number of carboxylic acid groups (broad SMARTS) is 1. The van der Waals surface area contributed by atoms with Gasteiger partial charge in [-0.05, 0) is 69.6 Å². The van der Waals surface area contributed by atoms with Crippen LogP contribution in [0.5, 0.6) is 5.75 Å². The molecule has 0 atom stereocenters. The number of rotatable bonds is 8. The summed E-state index contributed by atoms with van der Waals surface area (Å²) in [5.41, 5.74) is 3.53. The zero-order valence-corrected chi connectivity index (χ0v) is 19.9. The summed E-state index contributed by atoms with van der Waals surface area (Å²) in [5.74, 6) is 0.416. The molecule has 0 fully saturated rings. The smallest absolute Gasteiger partial charge is 0.341 e. The number of hydrogen-bond donors (Lipinski definition) is 1. The molecule has 6 heteroatoms. The summed E-state index contributed by atoms with van der Waals surface area (Å²) < 4.78 is 7.24. The molecule has 0 amide bonds. The molecule has 0 radical (unpaired) electrons. The molecule has 148 valence electrons. The van der Waals surface area contributed by atoms with E-state index in [4.69, 9.17) is 9.84 Å². The fraction of sp³-hybridized carbons (Fsp3) is 0.0870. The quantitative estimate of drug-likeness (QED) is 0.237. The average molecular weight is 581 g/mol. The van der Waals surface area contributed by atoms with Crippen LogP contribution in [0.15, 0.2) is 88.2 Å². The van der Waals surface area contributed by atoms with Crippen molar-refractivity contribution in [3.63, 3.8) is 0 Å². The van der Waals surface area contributed by atoms with Gasteiger partial charge in [-0.25, -0.2) is 4.79 Å². The standard InChI is InChI=1S/C23H18BrIO3S/c24-18-8-4-7-17(13-18)20(16-5-2-1-3-6-16)11-12-29-19-9-10-22(21(25)14-19)28-15-23(26)27/h1-11,13-14H,12,15H2,(H,26,27). The van der Waals surface area contributed by atoms with E-state index < -0.39 is 5.97 Å². The van der Waals surface area contributed by atoms with Crippen LogP contribution in [-0.2, 0) is 4.79 Å². The highest BCUT2D eigenvalue weighted by atomic mass is 127. The first-order chi connectivity index (χ1) is 14.0. The van der Waals surface area contributed by atoms with Gasteiger partial charge in [-0.3, -0.25) is 0 Å². The molecular weight excluding hydrogens is 563 g/mol. The number of hydrogen-bond acceptors (Lipinski definition) is 3. The Balaban J connectivity index is 1.76. The number of thioether (sulfide) groups is 1. The summed E-state index contributed by atoms with van der Waals surface area (Å²) in [6, 6.07) is 24.5. The van der Waals surface area contributed by atoms with E-state index in [0.717, 1.165) is 24.3 Å². The molecule has 3 rings (SSSR count). The molecule has 0 saturated heterocycles. The van der Waals surface area contributed by atoms with E-state index in [1.807, 2.05) is 48.5 Å². The van der Waals surface area contributed by atoms with Crippen molar-refractivity contribution >= 4 is 61.8 Å². The number of halogens is 2. The Bertz CT molecular complexity index is 1020. The van der Waals surface area contributed by atoms with Gasteiger partial charge in [-0.15, -0.1) is 11.8 Å². The Labute approximate surface area is 196 Å². The number of benzene rings is 3. The molecule has 0 aromatic heterocycles. The lowest BCUT2D eigenvalue weighted by Crippen LogP contribution is -2.10. The van der Waals surface area contributed by atoms with E-state index >= 15 is 0 Å². The Hall–Kier alpha value is -1.77. The lowest BCUT2D eigenvalue weighted by Gasteiger charge is -2.10. The highest BCUT2D eigenvalue weighted by Gasteiger charge is 2.07. The molecule has 0 unspecified atom stereocenters. The third kappa shape index (κ3) is 6.62. The normalized spacial score (nSPS) is 11.3. The summed E-state index contributed by atoms with van der Waals surface area (Å²) in [6.07, 6.45) is 2.24. The summed E-state index contributed by atoms with van der Waals surface area (Å²) in [7, 11) is 0. The molecule has 3 aromatic rings. The van der Waals surface area contributed by atoms with Crippen LogP contribution in [0, 0.1) is 3.57 Å². The maximum atomic E-state index is 10.7. The van der Waals surface area contributed by atoms with Gasteiger partial charge in [0.15, 0.2) is 6.61 Å². The van der Waals surface area contributed by atoms with Crippen molar-refractivity contribution in [1.82, 2.24) is 0 Å². The van der Waals surface area contributed by atoms with Crippen LogP contribution in [0.2, 0.25) is 0 Å². The minimum atomic E-state index is -0.981. The van der Waals surface area contributed by atoms with Crippen molar-refractivity contribution in [2.45, 2.75) is 4.90 Å². The Morgan fingerprint density at radius 1 is 1.03 bits per heavy atom. The maximum Gasteiger partial charge on any atom is 0.341 e. The molecule has 29 heavy (non-hydrogen) atoms. The molecule has 0 heterocycles. The van der Waals surface area contributed by atoms with Crippen molar-refractivity contribution in [3.8, 4) is 5.75 Å². The van der Waals surface area contributed by atoms with E-state index in [0.29, 0.717) is 5.75 Å². The average Bonchev–Trinajstić information content (AvgIpc) is 2.71. The lowest BCUT2D eigenvalue weighted by molar-refractivity contribution is -0.139. The summed E-state index contributed by atoms with van der Waals surface area (Å²) in [6.45, 7) is -0.335. The second-order valence-electron chi connectivity index (χ2n) is 6.08. The minimum Gasteiger partial charge on any atom is -0.481 e. The van der Waals surface area contributed by atoms with Crippen molar-refractivity contribution in [1.29, 1.82) is 0 Å². The van der Waals surface area contributed by atoms with E-state index in [2.05, 4.69) is 68.9 Å². The lowest BCUT2D eigenvalue weighted by atomic mass is 9.98. The summed E-state index contributed by atoms with van der Waals surface area (Å²) >= 11 is 7.46. The Morgan fingerprint density at radius 3 is 2.48 bits per heavy atom. The van der Waals surface area contributed by atoms with E-state index in [9.17, 15) is 4.79 Å². The molecule has 0 aliphatic heterocycles. The first-order valence-electron chi connectivity index (χ1n) is 8.81.